The molecule has 0 aliphatic rings. The number of aromatic nitrogens is 1. The third-order valence-electron chi connectivity index (χ3n) is 2.31. The van der Waals surface area contributed by atoms with Crippen molar-refractivity contribution in [2.24, 2.45) is 0 Å². The molecule has 3 heteroatoms. The molecule has 0 aliphatic heterocycles. The van der Waals surface area contributed by atoms with Crippen LogP contribution in [0.15, 0.2) is 59.3 Å². The molecule has 1 aromatic heterocycles. The van der Waals surface area contributed by atoms with Crippen molar-refractivity contribution in [3.8, 4) is 11.5 Å². The molecule has 1 heterocycles. The summed E-state index contributed by atoms with van der Waals surface area (Å²) in [7, 11) is 0. The number of nitrogens with zero attached hydrogens (tertiary/aromatic N) is 1. The highest BCUT2D eigenvalue weighted by molar-refractivity contribution is 5.78. The van der Waals surface area contributed by atoms with E-state index in [0.717, 1.165) is 22.4 Å². The summed E-state index contributed by atoms with van der Waals surface area (Å²) in [5, 5.41) is 4.77. The highest BCUT2D eigenvalue weighted by atomic mass is 16.5. The van der Waals surface area contributed by atoms with Gasteiger partial charge in [-0.25, -0.2) is 0 Å². The predicted molar refractivity (Wildman–Crippen MR) is 60.5 cm³/mol. The van der Waals surface area contributed by atoms with Gasteiger partial charge < -0.3 is 9.26 Å². The van der Waals surface area contributed by atoms with Crippen molar-refractivity contribution in [3.63, 3.8) is 0 Å². The Kier molecular flexibility index (Phi) is 2.07. The lowest BCUT2D eigenvalue weighted by Crippen LogP contribution is -1.82. The van der Waals surface area contributed by atoms with Crippen molar-refractivity contribution >= 4 is 10.9 Å². The van der Waals surface area contributed by atoms with E-state index in [9.17, 15) is 0 Å². The Morgan fingerprint density at radius 1 is 0.938 bits per heavy atom. The Morgan fingerprint density at radius 2 is 1.81 bits per heavy atom. The molecular formula is C13H9NO2. The average Bonchev–Trinajstić information content (AvgIpc) is 2.77. The van der Waals surface area contributed by atoms with Crippen LogP contribution in [0.5, 0.6) is 11.5 Å². The van der Waals surface area contributed by atoms with Crippen LogP contribution in [0.25, 0.3) is 10.9 Å². The number of rotatable bonds is 2. The van der Waals surface area contributed by atoms with Crippen LogP contribution in [-0.4, -0.2) is 5.16 Å². The molecular weight excluding hydrogens is 202 g/mol. The van der Waals surface area contributed by atoms with E-state index >= 15 is 0 Å². The summed E-state index contributed by atoms with van der Waals surface area (Å²) >= 11 is 0. The molecule has 0 spiro atoms. The molecule has 3 nitrogen and oxygen atoms in total. The van der Waals surface area contributed by atoms with Gasteiger partial charge in [-0.05, 0) is 30.3 Å². The van der Waals surface area contributed by atoms with Crippen molar-refractivity contribution in [2.75, 3.05) is 0 Å². The van der Waals surface area contributed by atoms with Crippen LogP contribution in [0.3, 0.4) is 0 Å². The first-order valence-corrected chi connectivity index (χ1v) is 4.99. The van der Waals surface area contributed by atoms with Gasteiger partial charge in [-0.1, -0.05) is 23.4 Å². The second-order valence-corrected chi connectivity index (χ2v) is 3.45. The fraction of sp³-hybridized carbons (Fsp3) is 0. The van der Waals surface area contributed by atoms with Gasteiger partial charge in [0.25, 0.3) is 0 Å². The first kappa shape index (κ1) is 8.97. The molecule has 2 aromatic carbocycles. The van der Waals surface area contributed by atoms with Gasteiger partial charge in [0, 0.05) is 5.39 Å². The predicted octanol–water partition coefficient (Wildman–Crippen LogP) is 3.62. The lowest BCUT2D eigenvalue weighted by atomic mass is 10.2. The highest BCUT2D eigenvalue weighted by Crippen LogP contribution is 2.24. The molecule has 0 fully saturated rings. The van der Waals surface area contributed by atoms with E-state index in [2.05, 4.69) is 5.16 Å². The third kappa shape index (κ3) is 1.63. The van der Waals surface area contributed by atoms with Gasteiger partial charge in [0.1, 0.15) is 23.3 Å². The van der Waals surface area contributed by atoms with E-state index in [-0.39, 0.29) is 0 Å². The van der Waals surface area contributed by atoms with E-state index in [0.29, 0.717) is 0 Å². The number of para-hydroxylation sites is 1. The third-order valence-corrected chi connectivity index (χ3v) is 2.31. The Bertz CT molecular complexity index is 601. The van der Waals surface area contributed by atoms with Gasteiger partial charge in [0.2, 0.25) is 0 Å². The van der Waals surface area contributed by atoms with E-state index in [1.165, 1.54) is 0 Å². The number of hydrogen-bond donors (Lipinski definition) is 0. The lowest BCUT2D eigenvalue weighted by Gasteiger charge is -2.04. The molecule has 0 unspecified atom stereocenters. The average molecular weight is 211 g/mol. The normalized spacial score (nSPS) is 10.5. The maximum atomic E-state index is 5.69. The van der Waals surface area contributed by atoms with Crippen LogP contribution in [0.2, 0.25) is 0 Å². The molecule has 3 rings (SSSR count). The Hall–Kier alpha value is -2.29. The van der Waals surface area contributed by atoms with Gasteiger partial charge in [-0.3, -0.25) is 0 Å². The molecule has 0 radical (unpaired) electrons. The number of fused-ring (bicyclic) bond motifs is 1. The summed E-state index contributed by atoms with van der Waals surface area (Å²) < 4.78 is 10.6. The molecule has 78 valence electrons. The molecule has 3 aromatic rings. The number of hydrogen-bond acceptors (Lipinski definition) is 3. The summed E-state index contributed by atoms with van der Waals surface area (Å²) in [6.07, 6.45) is 1.60. The zero-order valence-corrected chi connectivity index (χ0v) is 8.46. The zero-order valence-electron chi connectivity index (χ0n) is 8.46. The summed E-state index contributed by atoms with van der Waals surface area (Å²) in [5.74, 6) is 1.60. The SMILES string of the molecule is c1ccc(Oc2ccc3nocc3c2)cc1. The Morgan fingerprint density at radius 3 is 2.69 bits per heavy atom. The van der Waals surface area contributed by atoms with Gasteiger partial charge in [0.15, 0.2) is 0 Å². The van der Waals surface area contributed by atoms with E-state index in [4.69, 9.17) is 9.26 Å². The minimum Gasteiger partial charge on any atom is -0.457 e. The smallest absolute Gasteiger partial charge is 0.131 e. The van der Waals surface area contributed by atoms with E-state index < -0.39 is 0 Å². The fourth-order valence-corrected chi connectivity index (χ4v) is 1.54. The molecule has 0 atom stereocenters. The largest absolute Gasteiger partial charge is 0.457 e. The van der Waals surface area contributed by atoms with Crippen LogP contribution >= 0.6 is 0 Å². The fourth-order valence-electron chi connectivity index (χ4n) is 1.54. The summed E-state index contributed by atoms with van der Waals surface area (Å²) in [5.41, 5.74) is 0.834. The van der Waals surface area contributed by atoms with Crippen LogP contribution in [0.4, 0.5) is 0 Å². The second kappa shape index (κ2) is 3.70. The summed E-state index contributed by atoms with van der Waals surface area (Å²) in [4.78, 5) is 0. The van der Waals surface area contributed by atoms with Crippen molar-refractivity contribution in [2.45, 2.75) is 0 Å². The highest BCUT2D eigenvalue weighted by Gasteiger charge is 2.01. The zero-order chi connectivity index (χ0) is 10.8. The monoisotopic (exact) mass is 211 g/mol. The quantitative estimate of drug-likeness (QED) is 0.649. The number of benzene rings is 2. The van der Waals surface area contributed by atoms with Crippen LogP contribution in [0, 0.1) is 0 Å². The van der Waals surface area contributed by atoms with Crippen molar-refractivity contribution < 1.29 is 9.26 Å². The van der Waals surface area contributed by atoms with E-state index in [1.807, 2.05) is 48.5 Å². The van der Waals surface area contributed by atoms with Crippen molar-refractivity contribution in [3.05, 3.63) is 54.8 Å². The number of ether oxygens (including phenoxy) is 1. The minimum absolute atomic E-state index is 0.780. The van der Waals surface area contributed by atoms with E-state index in [1.54, 1.807) is 6.26 Å². The summed E-state index contributed by atoms with van der Waals surface area (Å²) in [6.45, 7) is 0. The molecule has 16 heavy (non-hydrogen) atoms. The first-order valence-electron chi connectivity index (χ1n) is 4.99. The molecule has 0 N–H and O–H groups in total. The molecule has 0 bridgehead atoms. The Balaban J connectivity index is 1.94. The van der Waals surface area contributed by atoms with Gasteiger partial charge in [-0.2, -0.15) is 0 Å². The Labute approximate surface area is 92.2 Å². The van der Waals surface area contributed by atoms with Gasteiger partial charge >= 0.3 is 0 Å². The molecule has 0 saturated carbocycles. The first-order chi connectivity index (χ1) is 7.92. The molecule has 0 amide bonds. The maximum Gasteiger partial charge on any atom is 0.131 e. The second-order valence-electron chi connectivity index (χ2n) is 3.45. The van der Waals surface area contributed by atoms with Gasteiger partial charge in [0.05, 0.1) is 0 Å². The van der Waals surface area contributed by atoms with Crippen LogP contribution in [-0.2, 0) is 0 Å². The maximum absolute atomic E-state index is 5.69. The topological polar surface area (TPSA) is 35.3 Å². The molecule has 0 saturated heterocycles. The summed E-state index contributed by atoms with van der Waals surface area (Å²) in [6, 6.07) is 15.3. The minimum atomic E-state index is 0.780. The standard InChI is InChI=1S/C13H9NO2/c1-2-4-11(5-3-1)16-12-6-7-13-10(8-12)9-15-14-13/h1-9H. The van der Waals surface area contributed by atoms with Crippen molar-refractivity contribution in [1.82, 2.24) is 5.16 Å². The molecule has 0 aliphatic carbocycles. The van der Waals surface area contributed by atoms with Crippen molar-refractivity contribution in [1.29, 1.82) is 0 Å². The lowest BCUT2D eigenvalue weighted by molar-refractivity contribution is 0.428. The van der Waals surface area contributed by atoms with Crippen LogP contribution in [0.1, 0.15) is 0 Å². The van der Waals surface area contributed by atoms with Gasteiger partial charge in [-0.15, -0.1) is 0 Å². The van der Waals surface area contributed by atoms with Crippen LogP contribution < -0.4 is 4.74 Å².